The smallest absolute Gasteiger partial charge is 0.347 e. The Bertz CT molecular complexity index is 965. The van der Waals surface area contributed by atoms with Gasteiger partial charge in [-0.25, -0.2) is 9.78 Å². The Balaban J connectivity index is 2.28. The van der Waals surface area contributed by atoms with Crippen molar-refractivity contribution in [3.8, 4) is 11.5 Å². The van der Waals surface area contributed by atoms with Crippen molar-refractivity contribution < 1.29 is 9.34 Å². The molecule has 110 valence electrons. The van der Waals surface area contributed by atoms with Crippen molar-refractivity contribution in [1.29, 1.82) is 0 Å². The number of halogens is 1. The summed E-state index contributed by atoms with van der Waals surface area (Å²) in [5.74, 6) is 0.0704. The molecule has 6 nitrogen and oxygen atoms in total. The third-order valence-corrected chi connectivity index (χ3v) is 3.82. The standard InChI is InChI=1S/C15H9BrN2O4/c1-8-10(3-2-4-13(8)18(20)21)14-17-12-6-5-9(16)7-11(12)15(19)22-14/h2-7H,1H3. The fourth-order valence-corrected chi connectivity index (χ4v) is 2.57. The van der Waals surface area contributed by atoms with E-state index < -0.39 is 10.5 Å². The van der Waals surface area contributed by atoms with Crippen LogP contribution in [0.1, 0.15) is 5.56 Å². The van der Waals surface area contributed by atoms with Gasteiger partial charge in [-0.2, -0.15) is 0 Å². The third kappa shape index (κ3) is 2.39. The molecule has 2 aromatic carbocycles. The van der Waals surface area contributed by atoms with Gasteiger partial charge in [0.05, 0.1) is 15.8 Å². The largest absolute Gasteiger partial charge is 0.403 e. The number of benzene rings is 2. The Hall–Kier alpha value is -2.54. The first-order valence-electron chi connectivity index (χ1n) is 6.32. The number of nitro benzene ring substituents is 1. The average molecular weight is 361 g/mol. The lowest BCUT2D eigenvalue weighted by molar-refractivity contribution is -0.385. The van der Waals surface area contributed by atoms with Gasteiger partial charge in [-0.05, 0) is 31.2 Å². The number of aromatic nitrogens is 1. The first-order chi connectivity index (χ1) is 10.5. The quantitative estimate of drug-likeness (QED) is 0.511. The highest BCUT2D eigenvalue weighted by Crippen LogP contribution is 2.29. The first-order valence-corrected chi connectivity index (χ1v) is 7.11. The van der Waals surface area contributed by atoms with Crippen LogP contribution in [-0.2, 0) is 0 Å². The summed E-state index contributed by atoms with van der Waals surface area (Å²) in [6.45, 7) is 1.60. The molecule has 0 N–H and O–H groups in total. The van der Waals surface area contributed by atoms with Gasteiger partial charge in [0, 0.05) is 21.7 Å². The second-order valence-electron chi connectivity index (χ2n) is 4.67. The summed E-state index contributed by atoms with van der Waals surface area (Å²) in [7, 11) is 0. The van der Waals surface area contributed by atoms with Crippen LogP contribution < -0.4 is 5.63 Å². The lowest BCUT2D eigenvalue weighted by Crippen LogP contribution is -2.04. The number of fused-ring (bicyclic) bond motifs is 1. The van der Waals surface area contributed by atoms with E-state index in [1.54, 1.807) is 31.2 Å². The summed E-state index contributed by atoms with van der Waals surface area (Å²) in [6.07, 6.45) is 0. The molecule has 3 aromatic rings. The summed E-state index contributed by atoms with van der Waals surface area (Å²) >= 11 is 3.28. The first kappa shape index (κ1) is 14.4. The van der Waals surface area contributed by atoms with Crippen LogP contribution in [0.2, 0.25) is 0 Å². The fourth-order valence-electron chi connectivity index (χ4n) is 2.21. The maximum absolute atomic E-state index is 12.1. The minimum Gasteiger partial charge on any atom is -0.403 e. The van der Waals surface area contributed by atoms with Crippen LogP contribution >= 0.6 is 15.9 Å². The van der Waals surface area contributed by atoms with E-state index >= 15 is 0 Å². The molecule has 0 atom stereocenters. The van der Waals surface area contributed by atoms with Crippen molar-refractivity contribution in [1.82, 2.24) is 4.98 Å². The molecule has 22 heavy (non-hydrogen) atoms. The fraction of sp³-hybridized carbons (Fsp3) is 0.0667. The number of hydrogen-bond donors (Lipinski definition) is 0. The lowest BCUT2D eigenvalue weighted by atomic mass is 10.1. The van der Waals surface area contributed by atoms with Gasteiger partial charge in [-0.3, -0.25) is 10.1 Å². The summed E-state index contributed by atoms with van der Waals surface area (Å²) < 4.78 is 5.98. The van der Waals surface area contributed by atoms with Crippen molar-refractivity contribution in [2.45, 2.75) is 6.92 Å². The summed E-state index contributed by atoms with van der Waals surface area (Å²) in [4.78, 5) is 26.9. The van der Waals surface area contributed by atoms with Crippen LogP contribution in [0.3, 0.4) is 0 Å². The van der Waals surface area contributed by atoms with Crippen LogP contribution in [0.25, 0.3) is 22.4 Å². The van der Waals surface area contributed by atoms with Gasteiger partial charge in [-0.1, -0.05) is 22.0 Å². The van der Waals surface area contributed by atoms with E-state index in [4.69, 9.17) is 4.42 Å². The Kier molecular flexibility index (Phi) is 3.50. The van der Waals surface area contributed by atoms with Crippen LogP contribution in [0.4, 0.5) is 5.69 Å². The maximum atomic E-state index is 12.1. The van der Waals surface area contributed by atoms with Gasteiger partial charge in [0.1, 0.15) is 0 Å². The molecule has 0 saturated carbocycles. The highest BCUT2D eigenvalue weighted by molar-refractivity contribution is 9.10. The van der Waals surface area contributed by atoms with Crippen LogP contribution in [0.15, 0.2) is 50.1 Å². The minimum absolute atomic E-state index is 0.0437. The van der Waals surface area contributed by atoms with Crippen molar-refractivity contribution in [2.75, 3.05) is 0 Å². The molecule has 0 saturated heterocycles. The molecule has 0 aliphatic rings. The van der Waals surface area contributed by atoms with E-state index in [-0.39, 0.29) is 11.6 Å². The second kappa shape index (κ2) is 5.34. The highest BCUT2D eigenvalue weighted by Gasteiger charge is 2.18. The zero-order valence-corrected chi connectivity index (χ0v) is 13.0. The molecule has 0 aliphatic carbocycles. The predicted molar refractivity (Wildman–Crippen MR) is 84.8 cm³/mol. The Labute approximate surface area is 132 Å². The normalized spacial score (nSPS) is 10.8. The maximum Gasteiger partial charge on any atom is 0.347 e. The monoisotopic (exact) mass is 360 g/mol. The number of nitro groups is 1. The molecule has 1 aromatic heterocycles. The van der Waals surface area contributed by atoms with Gasteiger partial charge in [0.15, 0.2) is 0 Å². The van der Waals surface area contributed by atoms with Gasteiger partial charge in [-0.15, -0.1) is 0 Å². The summed E-state index contributed by atoms with van der Waals surface area (Å²) in [5.41, 5.74) is 0.723. The molecule has 3 rings (SSSR count). The number of rotatable bonds is 2. The van der Waals surface area contributed by atoms with Gasteiger partial charge in [0.25, 0.3) is 5.69 Å². The molecule has 7 heteroatoms. The summed E-state index contributed by atoms with van der Waals surface area (Å²) in [6, 6.07) is 9.64. The van der Waals surface area contributed by atoms with E-state index in [0.29, 0.717) is 22.0 Å². The van der Waals surface area contributed by atoms with E-state index in [0.717, 1.165) is 4.47 Å². The summed E-state index contributed by atoms with van der Waals surface area (Å²) in [5, 5.41) is 11.4. The molecule has 0 unspecified atom stereocenters. The average Bonchev–Trinajstić information content (AvgIpc) is 2.47. The van der Waals surface area contributed by atoms with Crippen molar-refractivity contribution >= 4 is 32.5 Å². The van der Waals surface area contributed by atoms with E-state index in [9.17, 15) is 14.9 Å². The van der Waals surface area contributed by atoms with Gasteiger partial charge < -0.3 is 4.42 Å². The van der Waals surface area contributed by atoms with E-state index in [1.165, 1.54) is 12.1 Å². The Morgan fingerprint density at radius 3 is 2.77 bits per heavy atom. The number of nitrogens with zero attached hydrogens (tertiary/aromatic N) is 2. The highest BCUT2D eigenvalue weighted by atomic mass is 79.9. The van der Waals surface area contributed by atoms with Crippen molar-refractivity contribution in [3.05, 3.63) is 67.0 Å². The molecule has 1 heterocycles. The molecule has 0 radical (unpaired) electrons. The van der Waals surface area contributed by atoms with Gasteiger partial charge >= 0.3 is 5.63 Å². The molecular weight excluding hydrogens is 352 g/mol. The Morgan fingerprint density at radius 1 is 1.27 bits per heavy atom. The number of hydrogen-bond acceptors (Lipinski definition) is 5. The third-order valence-electron chi connectivity index (χ3n) is 3.32. The van der Waals surface area contributed by atoms with Crippen LogP contribution in [0.5, 0.6) is 0 Å². The lowest BCUT2D eigenvalue weighted by Gasteiger charge is -2.05. The van der Waals surface area contributed by atoms with E-state index in [2.05, 4.69) is 20.9 Å². The molecule has 0 fully saturated rings. The zero-order valence-electron chi connectivity index (χ0n) is 11.4. The Morgan fingerprint density at radius 2 is 2.05 bits per heavy atom. The molecule has 0 amide bonds. The second-order valence-corrected chi connectivity index (χ2v) is 5.59. The van der Waals surface area contributed by atoms with E-state index in [1.807, 2.05) is 0 Å². The molecule has 0 aliphatic heterocycles. The zero-order chi connectivity index (χ0) is 15.9. The van der Waals surface area contributed by atoms with Crippen LogP contribution in [0, 0.1) is 17.0 Å². The SMILES string of the molecule is Cc1c(-c2nc3ccc(Br)cc3c(=O)o2)cccc1[N+](=O)[O-]. The van der Waals surface area contributed by atoms with Gasteiger partial charge in [0.2, 0.25) is 5.89 Å². The van der Waals surface area contributed by atoms with Crippen LogP contribution in [-0.4, -0.2) is 9.91 Å². The molecule has 0 spiro atoms. The van der Waals surface area contributed by atoms with Crippen molar-refractivity contribution in [3.63, 3.8) is 0 Å². The van der Waals surface area contributed by atoms with Crippen molar-refractivity contribution in [2.24, 2.45) is 0 Å². The minimum atomic E-state index is -0.535. The molecular formula is C15H9BrN2O4. The topological polar surface area (TPSA) is 86.2 Å². The predicted octanol–water partition coefficient (Wildman–Crippen LogP) is 3.83. The molecule has 0 bridgehead atoms.